The molecule has 0 atom stereocenters. The molecule has 0 aromatic heterocycles. The summed E-state index contributed by atoms with van der Waals surface area (Å²) in [5, 5.41) is 20.3. The van der Waals surface area contributed by atoms with Crippen molar-refractivity contribution in [1.29, 1.82) is 0 Å². The Morgan fingerprint density at radius 1 is 0.356 bits per heavy atom. The number of aliphatic carboxylic acids is 2. The van der Waals surface area contributed by atoms with Gasteiger partial charge in [0.25, 0.3) is 0 Å². The van der Waals surface area contributed by atoms with Crippen LogP contribution in [0, 0.1) is 0 Å². The van der Waals surface area contributed by atoms with Gasteiger partial charge < -0.3 is 19.8 Å². The molecule has 0 heterocycles. The molecule has 0 amide bonds. The quantitative estimate of drug-likeness (QED) is 0.0387. The second-order valence-electron chi connectivity index (χ2n) is 12.9. The maximum atomic E-state index is 10.2. The molecule has 0 saturated heterocycles. The molecule has 0 aromatic carbocycles. The van der Waals surface area contributed by atoms with E-state index < -0.39 is 11.9 Å². The Kier molecular flexibility index (Phi) is 48.4. The number of carbonyl (C=O) groups excluding carboxylic acids is 2. The third-order valence-electron chi connectivity index (χ3n) is 8.46. The Morgan fingerprint density at radius 3 is 0.711 bits per heavy atom. The Balaban J connectivity index is -0.000000767. The van der Waals surface area contributed by atoms with E-state index in [1.807, 2.05) is 0 Å². The van der Waals surface area contributed by atoms with Crippen molar-refractivity contribution in [3.63, 3.8) is 0 Å². The van der Waals surface area contributed by atoms with Crippen molar-refractivity contribution < 1.29 is 36.9 Å². The first-order valence-corrected chi connectivity index (χ1v) is 19.3. The fourth-order valence-electron chi connectivity index (χ4n) is 5.63. The van der Waals surface area contributed by atoms with Gasteiger partial charge in [-0.2, -0.15) is 0 Å². The summed E-state index contributed by atoms with van der Waals surface area (Å²) in [6.07, 6.45) is 48.3. The monoisotopic (exact) mass is 673 g/mol. The van der Waals surface area contributed by atoms with Gasteiger partial charge in [-0.3, -0.25) is 0 Å². The summed E-state index contributed by atoms with van der Waals surface area (Å²) < 4.78 is 0. The summed E-state index contributed by atoms with van der Waals surface area (Å²) in [4.78, 5) is 20.3. The first-order valence-electron chi connectivity index (χ1n) is 19.3. The Bertz CT molecular complexity index is 578. The van der Waals surface area contributed by atoms with Gasteiger partial charge in [0.2, 0.25) is 0 Å². The Hall–Kier alpha value is -1.06. The van der Waals surface area contributed by atoms with E-state index in [2.05, 4.69) is 13.8 Å². The summed E-state index contributed by atoms with van der Waals surface area (Å²) in [5.41, 5.74) is 0. The first-order chi connectivity index (χ1) is 21.5. The number of unbranched alkanes of at least 4 members (excludes halogenated alkanes) is 30. The second kappa shape index (κ2) is 45.1. The normalized spacial score (nSPS) is 11.1. The summed E-state index contributed by atoms with van der Waals surface area (Å²) in [7, 11) is 0. The Labute approximate surface area is 291 Å². The maximum Gasteiger partial charge on any atom is 2.00 e. The zero-order valence-corrected chi connectivity index (χ0v) is 31.1. The van der Waals surface area contributed by atoms with E-state index in [-0.39, 0.29) is 17.1 Å². The number of hydrogen-bond acceptors (Lipinski definition) is 4. The first kappa shape index (κ1) is 48.3. The number of hydrogen-bond donors (Lipinski definition) is 0. The third kappa shape index (κ3) is 52.7. The standard InChI is InChI=1S/2C20H38O2.Mn/c2*1-2-3-4-5-6-7-8-9-10-11-12-13-14-15-16-17-18-19-20(21)22;/h2*18-19H,2-17H2,1H3,(H,21,22);/q;;+2/p-2. The van der Waals surface area contributed by atoms with Crippen LogP contribution in [-0.4, -0.2) is 11.9 Å². The summed E-state index contributed by atoms with van der Waals surface area (Å²) >= 11 is 0. The van der Waals surface area contributed by atoms with Crippen LogP contribution in [0.4, 0.5) is 0 Å². The zero-order chi connectivity index (χ0) is 32.6. The molecule has 0 rings (SSSR count). The van der Waals surface area contributed by atoms with Crippen LogP contribution in [0.5, 0.6) is 0 Å². The van der Waals surface area contributed by atoms with Crippen LogP contribution in [0.3, 0.4) is 0 Å². The molecule has 0 fully saturated rings. The van der Waals surface area contributed by atoms with Gasteiger partial charge in [-0.05, 0) is 37.8 Å². The van der Waals surface area contributed by atoms with E-state index in [9.17, 15) is 19.8 Å². The molecule has 0 aromatic rings. The van der Waals surface area contributed by atoms with E-state index in [1.165, 1.54) is 180 Å². The van der Waals surface area contributed by atoms with Crippen LogP contribution < -0.4 is 10.2 Å². The van der Waals surface area contributed by atoms with Gasteiger partial charge in [-0.1, -0.05) is 206 Å². The largest absolute Gasteiger partial charge is 2.00 e. The molecule has 0 aliphatic rings. The second-order valence-corrected chi connectivity index (χ2v) is 12.9. The minimum atomic E-state index is -1.08. The van der Waals surface area contributed by atoms with E-state index >= 15 is 0 Å². The molecular weight excluding hydrogens is 599 g/mol. The summed E-state index contributed by atoms with van der Waals surface area (Å²) in [6, 6.07) is 0. The predicted molar refractivity (Wildman–Crippen MR) is 187 cm³/mol. The average molecular weight is 674 g/mol. The molecule has 45 heavy (non-hydrogen) atoms. The zero-order valence-electron chi connectivity index (χ0n) is 29.9. The van der Waals surface area contributed by atoms with Crippen LogP contribution in [0.1, 0.15) is 219 Å². The van der Waals surface area contributed by atoms with E-state index in [0.717, 1.165) is 37.8 Å². The van der Waals surface area contributed by atoms with Crippen molar-refractivity contribution in [3.05, 3.63) is 24.3 Å². The van der Waals surface area contributed by atoms with Crippen molar-refractivity contribution in [2.45, 2.75) is 219 Å². The van der Waals surface area contributed by atoms with Crippen LogP contribution in [0.15, 0.2) is 24.3 Å². The van der Waals surface area contributed by atoms with Gasteiger partial charge in [0, 0.05) is 0 Å². The number of rotatable bonds is 34. The van der Waals surface area contributed by atoms with Crippen LogP contribution in [0.2, 0.25) is 0 Å². The van der Waals surface area contributed by atoms with Gasteiger partial charge in [-0.15, -0.1) is 0 Å². The molecule has 0 bridgehead atoms. The van der Waals surface area contributed by atoms with Gasteiger partial charge in [0.15, 0.2) is 0 Å². The molecule has 0 spiro atoms. The molecule has 0 unspecified atom stereocenters. The van der Waals surface area contributed by atoms with Crippen LogP contribution in [-0.2, 0) is 26.7 Å². The van der Waals surface area contributed by atoms with Gasteiger partial charge in [-0.25, -0.2) is 0 Å². The molecule has 0 N–H and O–H groups in total. The fourth-order valence-corrected chi connectivity index (χ4v) is 5.63. The van der Waals surface area contributed by atoms with E-state index in [0.29, 0.717) is 0 Å². The molecule has 1 radical (unpaired) electrons. The number of carboxylic acids is 2. The number of carbonyl (C=O) groups is 2. The smallest absolute Gasteiger partial charge is 0.545 e. The van der Waals surface area contributed by atoms with Crippen molar-refractivity contribution >= 4 is 11.9 Å². The predicted octanol–water partition coefficient (Wildman–Crippen LogP) is 11.1. The van der Waals surface area contributed by atoms with Crippen molar-refractivity contribution in [2.24, 2.45) is 0 Å². The molecule has 0 saturated carbocycles. The molecule has 4 nitrogen and oxygen atoms in total. The van der Waals surface area contributed by atoms with Gasteiger partial charge in [0.1, 0.15) is 0 Å². The topological polar surface area (TPSA) is 80.3 Å². The maximum absolute atomic E-state index is 10.2. The van der Waals surface area contributed by atoms with E-state index in [4.69, 9.17) is 0 Å². The van der Waals surface area contributed by atoms with Crippen molar-refractivity contribution in [2.75, 3.05) is 0 Å². The van der Waals surface area contributed by atoms with Crippen LogP contribution >= 0.6 is 0 Å². The van der Waals surface area contributed by atoms with Crippen molar-refractivity contribution in [3.8, 4) is 0 Å². The summed E-state index contributed by atoms with van der Waals surface area (Å²) in [6.45, 7) is 4.54. The number of allylic oxidation sites excluding steroid dienone is 2. The summed E-state index contributed by atoms with van der Waals surface area (Å²) in [5.74, 6) is -2.16. The van der Waals surface area contributed by atoms with Crippen LogP contribution in [0.25, 0.3) is 0 Å². The fraction of sp³-hybridized carbons (Fsp3) is 0.850. The van der Waals surface area contributed by atoms with E-state index in [1.54, 1.807) is 12.2 Å². The minimum Gasteiger partial charge on any atom is -0.545 e. The minimum absolute atomic E-state index is 0. The SMILES string of the molecule is CCCCCCCCCCCCCCCCCC=CC(=O)[O-].CCCCCCCCCCCCCCCCCC=CC(=O)[O-].[Mn+2]. The third-order valence-corrected chi connectivity index (χ3v) is 8.46. The average Bonchev–Trinajstić information content (AvgIpc) is 3.00. The van der Waals surface area contributed by atoms with Gasteiger partial charge >= 0.3 is 17.1 Å². The molecule has 5 heteroatoms. The molecule has 0 aliphatic carbocycles. The molecule has 265 valence electrons. The molecular formula is C40H74MnO4. The number of carboxylic acid groups (broad SMARTS) is 2. The Morgan fingerprint density at radius 2 is 0.533 bits per heavy atom. The van der Waals surface area contributed by atoms with Gasteiger partial charge in [0.05, 0.1) is 11.9 Å². The van der Waals surface area contributed by atoms with Crippen molar-refractivity contribution in [1.82, 2.24) is 0 Å². The molecule has 0 aliphatic heterocycles.